The predicted octanol–water partition coefficient (Wildman–Crippen LogP) is 1.87. The third-order valence-corrected chi connectivity index (χ3v) is 3.47. The molecule has 0 saturated heterocycles. The smallest absolute Gasteiger partial charge is 0.237 e. The second kappa shape index (κ2) is 3.68. The predicted molar refractivity (Wildman–Crippen MR) is 54.2 cm³/mol. The van der Waals surface area contributed by atoms with Crippen molar-refractivity contribution >= 4 is 28.8 Å². The molecule has 0 N–H and O–H groups in total. The van der Waals surface area contributed by atoms with E-state index in [1.165, 1.54) is 10.4 Å². The Hall–Kier alpha value is -0.540. The molecule has 13 heavy (non-hydrogen) atoms. The van der Waals surface area contributed by atoms with Crippen molar-refractivity contribution in [1.29, 1.82) is 0 Å². The van der Waals surface area contributed by atoms with Crippen LogP contribution in [-0.2, 0) is 17.8 Å². The van der Waals surface area contributed by atoms with Gasteiger partial charge in [-0.25, -0.2) is 0 Å². The van der Waals surface area contributed by atoms with Gasteiger partial charge in [0.25, 0.3) is 0 Å². The molecule has 0 aromatic carbocycles. The molecule has 4 heteroatoms. The fourth-order valence-electron chi connectivity index (χ4n) is 1.53. The molecule has 0 saturated carbocycles. The molecule has 0 fully saturated rings. The molecule has 2 rings (SSSR count). The van der Waals surface area contributed by atoms with E-state index in [9.17, 15) is 4.79 Å². The highest BCUT2D eigenvalue weighted by atomic mass is 35.5. The van der Waals surface area contributed by atoms with Crippen LogP contribution in [0, 0.1) is 0 Å². The Morgan fingerprint density at radius 2 is 2.54 bits per heavy atom. The molecule has 1 aliphatic rings. The molecule has 2 nitrogen and oxygen atoms in total. The van der Waals surface area contributed by atoms with E-state index in [4.69, 9.17) is 11.6 Å². The first kappa shape index (κ1) is 9.03. The molecular formula is C9H10ClNOS. The summed E-state index contributed by atoms with van der Waals surface area (Å²) >= 11 is 7.22. The van der Waals surface area contributed by atoms with Gasteiger partial charge in [0.15, 0.2) is 0 Å². The first-order valence-electron chi connectivity index (χ1n) is 4.20. The summed E-state index contributed by atoms with van der Waals surface area (Å²) in [4.78, 5) is 14.4. The lowest BCUT2D eigenvalue weighted by Gasteiger charge is -2.26. The summed E-state index contributed by atoms with van der Waals surface area (Å²) in [5, 5.41) is 2.08. The minimum atomic E-state index is 0.0423. The van der Waals surface area contributed by atoms with Crippen molar-refractivity contribution < 1.29 is 4.79 Å². The van der Waals surface area contributed by atoms with Crippen LogP contribution in [0.15, 0.2) is 11.4 Å². The summed E-state index contributed by atoms with van der Waals surface area (Å²) in [6, 6.07) is 2.14. The van der Waals surface area contributed by atoms with E-state index in [-0.39, 0.29) is 11.8 Å². The maximum atomic E-state index is 11.3. The van der Waals surface area contributed by atoms with Crippen LogP contribution in [0.1, 0.15) is 10.4 Å². The van der Waals surface area contributed by atoms with Gasteiger partial charge in [-0.3, -0.25) is 4.79 Å². The first-order chi connectivity index (χ1) is 6.31. The molecule has 1 aliphatic heterocycles. The van der Waals surface area contributed by atoms with Gasteiger partial charge in [0.1, 0.15) is 5.88 Å². The average molecular weight is 216 g/mol. The van der Waals surface area contributed by atoms with Gasteiger partial charge in [0.2, 0.25) is 5.91 Å². The van der Waals surface area contributed by atoms with Gasteiger partial charge in [-0.05, 0) is 23.4 Å². The number of fused-ring (bicyclic) bond motifs is 1. The summed E-state index contributed by atoms with van der Waals surface area (Å²) in [6.07, 6.45) is 0.974. The molecule has 0 aliphatic carbocycles. The maximum Gasteiger partial charge on any atom is 0.237 e. The Morgan fingerprint density at radius 3 is 3.31 bits per heavy atom. The number of alkyl halides is 1. The summed E-state index contributed by atoms with van der Waals surface area (Å²) in [5.41, 5.74) is 1.39. The Bertz CT molecular complexity index is 323. The van der Waals surface area contributed by atoms with E-state index in [1.54, 1.807) is 11.3 Å². The number of halogens is 1. The van der Waals surface area contributed by atoms with Crippen LogP contribution >= 0.6 is 22.9 Å². The normalized spacial score (nSPS) is 15.6. The quantitative estimate of drug-likeness (QED) is 0.655. The molecule has 0 bridgehead atoms. The van der Waals surface area contributed by atoms with Crippen molar-refractivity contribution in [3.63, 3.8) is 0 Å². The van der Waals surface area contributed by atoms with Gasteiger partial charge in [-0.15, -0.1) is 22.9 Å². The minimum absolute atomic E-state index is 0.0423. The minimum Gasteiger partial charge on any atom is -0.336 e. The van der Waals surface area contributed by atoms with Gasteiger partial charge in [0.05, 0.1) is 6.54 Å². The number of thiophene rings is 1. The van der Waals surface area contributed by atoms with Gasteiger partial charge in [-0.1, -0.05) is 0 Å². The highest BCUT2D eigenvalue weighted by molar-refractivity contribution is 7.10. The van der Waals surface area contributed by atoms with E-state index < -0.39 is 0 Å². The van der Waals surface area contributed by atoms with Crippen LogP contribution in [0.2, 0.25) is 0 Å². The number of carbonyl (C=O) groups is 1. The zero-order chi connectivity index (χ0) is 9.26. The van der Waals surface area contributed by atoms with Crippen LogP contribution in [-0.4, -0.2) is 23.2 Å². The number of hydrogen-bond donors (Lipinski definition) is 0. The van der Waals surface area contributed by atoms with Crippen molar-refractivity contribution in [1.82, 2.24) is 4.90 Å². The zero-order valence-electron chi connectivity index (χ0n) is 7.12. The summed E-state index contributed by atoms with van der Waals surface area (Å²) < 4.78 is 0. The van der Waals surface area contributed by atoms with E-state index in [2.05, 4.69) is 11.4 Å². The van der Waals surface area contributed by atoms with E-state index >= 15 is 0 Å². The molecule has 0 spiro atoms. The third-order valence-electron chi connectivity index (χ3n) is 2.29. The van der Waals surface area contributed by atoms with Crippen LogP contribution < -0.4 is 0 Å². The van der Waals surface area contributed by atoms with E-state index in [0.29, 0.717) is 0 Å². The maximum absolute atomic E-state index is 11.3. The van der Waals surface area contributed by atoms with Crippen molar-refractivity contribution in [3.8, 4) is 0 Å². The summed E-state index contributed by atoms with van der Waals surface area (Å²) in [6.45, 7) is 1.56. The average Bonchev–Trinajstić information content (AvgIpc) is 2.63. The largest absolute Gasteiger partial charge is 0.336 e. The van der Waals surface area contributed by atoms with Crippen molar-refractivity contribution in [3.05, 3.63) is 21.9 Å². The molecule has 0 unspecified atom stereocenters. The molecule has 2 heterocycles. The van der Waals surface area contributed by atoms with Crippen LogP contribution in [0.3, 0.4) is 0 Å². The van der Waals surface area contributed by atoms with Crippen LogP contribution in [0.25, 0.3) is 0 Å². The van der Waals surface area contributed by atoms with Gasteiger partial charge in [-0.2, -0.15) is 0 Å². The summed E-state index contributed by atoms with van der Waals surface area (Å²) in [5.74, 6) is 0.140. The van der Waals surface area contributed by atoms with E-state index in [0.717, 1.165) is 19.5 Å². The van der Waals surface area contributed by atoms with Gasteiger partial charge >= 0.3 is 0 Å². The fourth-order valence-corrected chi connectivity index (χ4v) is 2.65. The van der Waals surface area contributed by atoms with Crippen LogP contribution in [0.5, 0.6) is 0 Å². The van der Waals surface area contributed by atoms with Crippen molar-refractivity contribution in [2.24, 2.45) is 0 Å². The van der Waals surface area contributed by atoms with Crippen molar-refractivity contribution in [2.75, 3.05) is 12.4 Å². The number of hydrogen-bond acceptors (Lipinski definition) is 2. The lowest BCUT2D eigenvalue weighted by atomic mass is 10.1. The highest BCUT2D eigenvalue weighted by Gasteiger charge is 2.20. The highest BCUT2D eigenvalue weighted by Crippen LogP contribution is 2.23. The Kier molecular flexibility index (Phi) is 2.56. The Morgan fingerprint density at radius 1 is 1.69 bits per heavy atom. The number of rotatable bonds is 1. The first-order valence-corrected chi connectivity index (χ1v) is 5.61. The molecular weight excluding hydrogens is 206 g/mol. The topological polar surface area (TPSA) is 20.3 Å². The molecule has 0 atom stereocenters. The van der Waals surface area contributed by atoms with Gasteiger partial charge < -0.3 is 4.90 Å². The van der Waals surface area contributed by atoms with Crippen molar-refractivity contribution in [2.45, 2.75) is 13.0 Å². The monoisotopic (exact) mass is 215 g/mol. The number of carbonyl (C=O) groups excluding carboxylic acids is 1. The van der Waals surface area contributed by atoms with Crippen LogP contribution in [0.4, 0.5) is 0 Å². The second-order valence-corrected chi connectivity index (χ2v) is 4.34. The molecule has 70 valence electrons. The standard InChI is InChI=1S/C9H10ClNOS/c10-5-9(12)11-3-1-7-2-4-13-8(7)6-11/h2,4H,1,3,5-6H2. The number of amides is 1. The SMILES string of the molecule is O=C(CCl)N1CCc2ccsc2C1. The van der Waals surface area contributed by atoms with E-state index in [1.807, 2.05) is 4.90 Å². The number of nitrogens with zero attached hydrogens (tertiary/aromatic N) is 1. The lowest BCUT2D eigenvalue weighted by Crippen LogP contribution is -2.35. The Balaban J connectivity index is 2.13. The third kappa shape index (κ3) is 1.71. The summed E-state index contributed by atoms with van der Waals surface area (Å²) in [7, 11) is 0. The lowest BCUT2D eigenvalue weighted by molar-refractivity contribution is -0.129. The second-order valence-electron chi connectivity index (χ2n) is 3.07. The Labute approximate surface area is 86.1 Å². The van der Waals surface area contributed by atoms with Gasteiger partial charge in [0, 0.05) is 11.4 Å². The molecule has 0 radical (unpaired) electrons. The molecule has 1 aromatic heterocycles. The zero-order valence-corrected chi connectivity index (χ0v) is 8.70. The fraction of sp³-hybridized carbons (Fsp3) is 0.444. The molecule has 1 amide bonds. The molecule has 1 aromatic rings.